The number of aromatic amines is 1. The van der Waals surface area contributed by atoms with Crippen LogP contribution in [0.25, 0.3) is 0 Å². The van der Waals surface area contributed by atoms with Gasteiger partial charge in [0.25, 0.3) is 0 Å². The summed E-state index contributed by atoms with van der Waals surface area (Å²) in [6, 6.07) is 11.9. The highest BCUT2D eigenvalue weighted by Gasteiger charge is 2.43. The summed E-state index contributed by atoms with van der Waals surface area (Å²) in [4.78, 5) is 16.8. The minimum absolute atomic E-state index is 0.00267. The lowest BCUT2D eigenvalue weighted by molar-refractivity contribution is -0.152. The smallest absolute Gasteiger partial charge is 0.310 e. The maximum atomic E-state index is 14.1. The molecule has 0 amide bonds. The normalized spacial score (nSPS) is 20.9. The molecule has 0 aliphatic heterocycles. The number of nitrogens with zero attached hydrogens (tertiary/aromatic N) is 2. The highest BCUT2D eigenvalue weighted by atomic mass is 35.5. The van der Waals surface area contributed by atoms with Gasteiger partial charge in [0.15, 0.2) is 11.6 Å². The zero-order valence-corrected chi connectivity index (χ0v) is 17.4. The lowest BCUT2D eigenvalue weighted by Crippen LogP contribution is -2.40. The summed E-state index contributed by atoms with van der Waals surface area (Å²) in [6.07, 6.45) is 3.50. The Morgan fingerprint density at radius 2 is 2.03 bits per heavy atom. The molecule has 0 atom stereocenters. The van der Waals surface area contributed by atoms with E-state index >= 15 is 0 Å². The molecule has 2 heterocycles. The van der Waals surface area contributed by atoms with Crippen LogP contribution in [0.15, 0.2) is 48.7 Å². The summed E-state index contributed by atoms with van der Waals surface area (Å²) >= 11 is 5.82. The van der Waals surface area contributed by atoms with E-state index < -0.39 is 17.2 Å². The molecule has 0 bridgehead atoms. The number of hydrogen-bond donors (Lipinski definition) is 3. The highest BCUT2D eigenvalue weighted by Crippen LogP contribution is 2.41. The lowest BCUT2D eigenvalue weighted by Gasteiger charge is -2.36. The maximum absolute atomic E-state index is 14.1. The number of nitrogens with one attached hydrogen (secondary N) is 2. The average molecular weight is 445 g/mol. The third kappa shape index (κ3) is 4.80. The first-order valence-electron chi connectivity index (χ1n) is 10.0. The number of anilines is 2. The quantitative estimate of drug-likeness (QED) is 0.475. The fraction of sp³-hybridized carbons (Fsp3) is 0.318. The fourth-order valence-electron chi connectivity index (χ4n) is 3.94. The molecule has 4 rings (SSSR count). The molecule has 31 heavy (non-hydrogen) atoms. The Bertz CT molecular complexity index is 1050. The van der Waals surface area contributed by atoms with Crippen molar-refractivity contribution in [1.29, 1.82) is 0 Å². The van der Waals surface area contributed by atoms with Gasteiger partial charge in [-0.25, -0.2) is 9.37 Å². The lowest BCUT2D eigenvalue weighted by atomic mass is 9.70. The number of halogens is 2. The van der Waals surface area contributed by atoms with Gasteiger partial charge >= 0.3 is 5.97 Å². The van der Waals surface area contributed by atoms with Crippen LogP contribution in [0.3, 0.4) is 0 Å². The number of ether oxygens (including phenoxy) is 1. The fourth-order valence-corrected chi connectivity index (χ4v) is 4.11. The number of carbonyl (C=O) groups is 1. The van der Waals surface area contributed by atoms with Crippen LogP contribution in [0.4, 0.5) is 16.0 Å². The Morgan fingerprint density at radius 1 is 1.26 bits per heavy atom. The van der Waals surface area contributed by atoms with Gasteiger partial charge in [-0.05, 0) is 49.9 Å². The Balaban J connectivity index is 1.43. The molecule has 1 aliphatic rings. The van der Waals surface area contributed by atoms with E-state index in [0.717, 1.165) is 0 Å². The monoisotopic (exact) mass is 444 g/mol. The Hall–Kier alpha value is -3.13. The number of aromatic nitrogens is 3. The van der Waals surface area contributed by atoms with E-state index in [0.29, 0.717) is 49.4 Å². The van der Waals surface area contributed by atoms with Gasteiger partial charge in [0.1, 0.15) is 11.6 Å². The van der Waals surface area contributed by atoms with Crippen LogP contribution in [-0.2, 0) is 11.2 Å². The number of carboxylic acids is 1. The summed E-state index contributed by atoms with van der Waals surface area (Å²) in [5.41, 5.74) is -0.251. The van der Waals surface area contributed by atoms with Gasteiger partial charge in [-0.1, -0.05) is 23.7 Å². The molecule has 9 heteroatoms. The molecule has 1 aliphatic carbocycles. The van der Waals surface area contributed by atoms with Gasteiger partial charge < -0.3 is 15.2 Å². The third-order valence-corrected chi connectivity index (χ3v) is 5.93. The molecule has 0 radical (unpaired) electrons. The Labute approximate surface area is 183 Å². The molecule has 3 aromatic rings. The molecular formula is C22H22ClFN4O3. The van der Waals surface area contributed by atoms with Crippen LogP contribution in [0, 0.1) is 11.2 Å². The second-order valence-electron chi connectivity index (χ2n) is 7.74. The van der Waals surface area contributed by atoms with Gasteiger partial charge in [-0.2, -0.15) is 5.10 Å². The number of H-pyrrole nitrogens is 1. The van der Waals surface area contributed by atoms with E-state index in [9.17, 15) is 14.3 Å². The van der Waals surface area contributed by atoms with Gasteiger partial charge in [-0.3, -0.25) is 9.89 Å². The number of aliphatic carboxylic acids is 1. The van der Waals surface area contributed by atoms with Gasteiger partial charge in [0.05, 0.1) is 22.7 Å². The Kier molecular flexibility index (Phi) is 6.08. The summed E-state index contributed by atoms with van der Waals surface area (Å²) in [6.45, 7) is 0. The van der Waals surface area contributed by atoms with E-state index in [1.54, 1.807) is 18.3 Å². The first-order valence-corrected chi connectivity index (χ1v) is 10.4. The average Bonchev–Trinajstić information content (AvgIpc) is 3.26. The predicted octanol–water partition coefficient (Wildman–Crippen LogP) is 4.98. The van der Waals surface area contributed by atoms with E-state index in [2.05, 4.69) is 20.5 Å². The first-order chi connectivity index (χ1) is 14.9. The van der Waals surface area contributed by atoms with Gasteiger partial charge in [0.2, 0.25) is 0 Å². The molecule has 7 nitrogen and oxygen atoms in total. The number of pyridine rings is 1. The molecule has 2 aromatic heterocycles. The van der Waals surface area contributed by atoms with Gasteiger partial charge in [-0.15, -0.1) is 0 Å². The largest absolute Gasteiger partial charge is 0.487 e. The number of hydrogen-bond acceptors (Lipinski definition) is 5. The molecule has 0 saturated heterocycles. The van der Waals surface area contributed by atoms with Crippen LogP contribution in [-0.4, -0.2) is 32.4 Å². The molecule has 0 spiro atoms. The van der Waals surface area contributed by atoms with Crippen molar-refractivity contribution in [1.82, 2.24) is 15.2 Å². The maximum Gasteiger partial charge on any atom is 0.310 e. The van der Waals surface area contributed by atoms with Crippen LogP contribution in [0.1, 0.15) is 31.4 Å². The van der Waals surface area contributed by atoms with E-state index in [1.165, 1.54) is 12.1 Å². The predicted molar refractivity (Wildman–Crippen MR) is 114 cm³/mol. The summed E-state index contributed by atoms with van der Waals surface area (Å²) in [7, 11) is 0. The van der Waals surface area contributed by atoms with Crippen LogP contribution >= 0.6 is 11.6 Å². The summed E-state index contributed by atoms with van der Waals surface area (Å²) in [5, 5.41) is 19.8. The van der Waals surface area contributed by atoms with Crippen molar-refractivity contribution in [3.63, 3.8) is 0 Å². The first kappa shape index (κ1) is 21.1. The van der Waals surface area contributed by atoms with E-state index in [1.807, 2.05) is 18.2 Å². The minimum atomic E-state index is -0.938. The number of benzene rings is 1. The van der Waals surface area contributed by atoms with Crippen molar-refractivity contribution >= 4 is 29.2 Å². The van der Waals surface area contributed by atoms with Crippen LogP contribution < -0.4 is 10.1 Å². The molecule has 162 valence electrons. The van der Waals surface area contributed by atoms with E-state index in [4.69, 9.17) is 16.3 Å². The molecule has 1 saturated carbocycles. The summed E-state index contributed by atoms with van der Waals surface area (Å²) in [5.74, 6) is -0.0440. The molecule has 3 N–H and O–H groups in total. The zero-order valence-electron chi connectivity index (χ0n) is 16.6. The van der Waals surface area contributed by atoms with Crippen molar-refractivity contribution in [3.05, 3.63) is 65.2 Å². The topological polar surface area (TPSA) is 100 Å². The van der Waals surface area contributed by atoms with Crippen molar-refractivity contribution in [2.75, 3.05) is 5.32 Å². The second-order valence-corrected chi connectivity index (χ2v) is 8.15. The van der Waals surface area contributed by atoms with Crippen molar-refractivity contribution in [2.24, 2.45) is 5.41 Å². The highest BCUT2D eigenvalue weighted by molar-refractivity contribution is 6.30. The Morgan fingerprint density at radius 3 is 2.74 bits per heavy atom. The molecule has 1 fully saturated rings. The van der Waals surface area contributed by atoms with Gasteiger partial charge in [0, 0.05) is 18.2 Å². The van der Waals surface area contributed by atoms with Crippen LogP contribution in [0.5, 0.6) is 5.75 Å². The van der Waals surface area contributed by atoms with E-state index in [-0.39, 0.29) is 16.9 Å². The van der Waals surface area contributed by atoms with Crippen LogP contribution in [0.2, 0.25) is 5.02 Å². The zero-order chi connectivity index (χ0) is 21.8. The molecular weight excluding hydrogens is 423 g/mol. The van der Waals surface area contributed by atoms with Crippen molar-refractivity contribution in [3.8, 4) is 5.75 Å². The summed E-state index contributed by atoms with van der Waals surface area (Å²) < 4.78 is 19.9. The molecule has 1 aromatic carbocycles. The third-order valence-electron chi connectivity index (χ3n) is 5.64. The molecule has 0 unspecified atom stereocenters. The second kappa shape index (κ2) is 8.93. The number of carboxylic acid groups (broad SMARTS) is 1. The van der Waals surface area contributed by atoms with Crippen molar-refractivity contribution in [2.45, 2.75) is 38.2 Å². The minimum Gasteiger partial charge on any atom is -0.487 e. The van der Waals surface area contributed by atoms with Crippen molar-refractivity contribution < 1.29 is 19.0 Å². The number of rotatable bonds is 7. The standard InChI is InChI=1S/C22H22ClFN4O3/c23-16-4-2-5-17(20(16)24)31-15-7-10-22(11-8-15,21(29)30)13-14-3-1-6-18(26-14)27-19-9-12-25-28-19/h1-6,9,12,15H,7-8,10-11,13H2,(H,29,30)(H2,25,26,27,28). The SMILES string of the molecule is O=C(O)C1(Cc2cccc(Nc3ccn[nH]3)n2)CCC(Oc2cccc(Cl)c2F)CC1.